The molecule has 2 heteroatoms. The molecular weight excluding hydrogens is 729 g/mol. The van der Waals surface area contributed by atoms with Crippen LogP contribution in [0.15, 0.2) is 122 Å². The molecule has 8 rings (SSSR count). The molecule has 0 amide bonds. The van der Waals surface area contributed by atoms with Crippen LogP contribution in [0, 0.1) is 17.8 Å². The Balaban J connectivity index is 1.11. The van der Waals surface area contributed by atoms with Gasteiger partial charge in [-0.2, -0.15) is 0 Å². The summed E-state index contributed by atoms with van der Waals surface area (Å²) in [5.41, 5.74) is 16.0. The van der Waals surface area contributed by atoms with Crippen LogP contribution >= 0.6 is 0 Å². The summed E-state index contributed by atoms with van der Waals surface area (Å²) >= 11 is 0. The van der Waals surface area contributed by atoms with Gasteiger partial charge in [0.1, 0.15) is 5.75 Å². The molecule has 2 saturated carbocycles. The highest BCUT2D eigenvalue weighted by Crippen LogP contribution is 2.81. The largest absolute Gasteiger partial charge is 0.502 e. The van der Waals surface area contributed by atoms with Gasteiger partial charge in [0, 0.05) is 5.41 Å². The Kier molecular flexibility index (Phi) is 13.4. The maximum atomic E-state index is 6.26. The molecule has 5 aromatic carbocycles. The minimum absolute atomic E-state index is 0.0302. The molecule has 2 bridgehead atoms. The number of hydrogen-bond donors (Lipinski definition) is 0. The van der Waals surface area contributed by atoms with Crippen molar-refractivity contribution in [2.75, 3.05) is 13.2 Å². The highest BCUT2D eigenvalue weighted by Gasteiger charge is 2.74. The summed E-state index contributed by atoms with van der Waals surface area (Å²) in [4.78, 5) is 0. The standard InChI is InChI=1S/C58H70O2/c1-5-8-14-34-56-36-38-57(39-37-56,35-15-9-6-2)58(56)54-42-49(47-24-22-46(23-25-47)45-20-18-44(4)19-21-45)28-32-52(54)53-33-29-50(43-55(53)58)48-26-30-51(31-27-48)60-41-17-13-11-10-12-16-40-59-7-3/h7,18-33,42-43H,3,5-6,8-17,34-41H2,1-2,4H3. The Morgan fingerprint density at radius 1 is 0.483 bits per heavy atom. The van der Waals surface area contributed by atoms with Crippen LogP contribution in [0.5, 0.6) is 5.75 Å². The van der Waals surface area contributed by atoms with E-state index in [0.717, 1.165) is 31.8 Å². The second-order valence-electron chi connectivity index (χ2n) is 18.7. The molecule has 0 N–H and O–H groups in total. The third-order valence-corrected chi connectivity index (χ3v) is 15.2. The van der Waals surface area contributed by atoms with Crippen molar-refractivity contribution in [1.82, 2.24) is 0 Å². The molecule has 314 valence electrons. The number of rotatable bonds is 22. The molecule has 2 nitrogen and oxygen atoms in total. The van der Waals surface area contributed by atoms with E-state index in [0.29, 0.717) is 10.8 Å². The van der Waals surface area contributed by atoms with Gasteiger partial charge in [-0.05, 0) is 149 Å². The van der Waals surface area contributed by atoms with E-state index >= 15 is 0 Å². The Morgan fingerprint density at radius 2 is 0.900 bits per heavy atom. The van der Waals surface area contributed by atoms with E-state index in [1.54, 1.807) is 17.4 Å². The summed E-state index contributed by atoms with van der Waals surface area (Å²) in [6, 6.07) is 42.5. The third kappa shape index (κ3) is 8.01. The lowest BCUT2D eigenvalue weighted by Crippen LogP contribution is -2.45. The monoisotopic (exact) mass is 799 g/mol. The van der Waals surface area contributed by atoms with E-state index in [2.05, 4.69) is 137 Å². The second-order valence-corrected chi connectivity index (χ2v) is 18.7. The van der Waals surface area contributed by atoms with Gasteiger partial charge in [0.05, 0.1) is 19.5 Å². The van der Waals surface area contributed by atoms with Crippen molar-refractivity contribution in [1.29, 1.82) is 0 Å². The molecule has 0 saturated heterocycles. The molecule has 0 aromatic heterocycles. The minimum atomic E-state index is 0.0302. The summed E-state index contributed by atoms with van der Waals surface area (Å²) in [7, 11) is 0. The topological polar surface area (TPSA) is 18.5 Å². The van der Waals surface area contributed by atoms with E-state index < -0.39 is 0 Å². The van der Waals surface area contributed by atoms with Crippen molar-refractivity contribution in [3.63, 3.8) is 0 Å². The molecule has 1 spiro atoms. The van der Waals surface area contributed by atoms with Gasteiger partial charge in [0.15, 0.2) is 0 Å². The Bertz CT molecular complexity index is 2140. The lowest BCUT2D eigenvalue weighted by molar-refractivity contribution is 0.148. The highest BCUT2D eigenvalue weighted by atomic mass is 16.5. The zero-order chi connectivity index (χ0) is 41.4. The fraction of sp³-hybridized carbons (Fsp3) is 0.448. The number of unbranched alkanes of at least 4 members (excludes halogenated alkanes) is 9. The first-order valence-corrected chi connectivity index (χ1v) is 23.9. The third-order valence-electron chi connectivity index (χ3n) is 15.2. The van der Waals surface area contributed by atoms with Crippen LogP contribution in [0.3, 0.4) is 0 Å². The molecular formula is C58H70O2. The van der Waals surface area contributed by atoms with Crippen molar-refractivity contribution in [3.05, 3.63) is 139 Å². The normalized spacial score (nSPS) is 21.0. The van der Waals surface area contributed by atoms with E-state index in [4.69, 9.17) is 9.47 Å². The average molecular weight is 799 g/mol. The van der Waals surface area contributed by atoms with Crippen LogP contribution in [0.25, 0.3) is 44.5 Å². The molecule has 0 radical (unpaired) electrons. The number of aryl methyl sites for hydroxylation is 1. The van der Waals surface area contributed by atoms with Gasteiger partial charge in [-0.3, -0.25) is 0 Å². The number of ether oxygens (including phenoxy) is 2. The van der Waals surface area contributed by atoms with Gasteiger partial charge in [0.25, 0.3) is 0 Å². The van der Waals surface area contributed by atoms with Crippen LogP contribution in [0.1, 0.15) is 146 Å². The molecule has 60 heavy (non-hydrogen) atoms. The van der Waals surface area contributed by atoms with Crippen molar-refractivity contribution < 1.29 is 9.47 Å². The molecule has 0 aliphatic heterocycles. The zero-order valence-corrected chi connectivity index (χ0v) is 37.1. The van der Waals surface area contributed by atoms with Crippen molar-refractivity contribution in [3.8, 4) is 50.3 Å². The quantitative estimate of drug-likeness (QED) is 0.0513. The SMILES string of the molecule is C=COCCCCCCCCOc1ccc(-c2ccc3c(c2)C2(c4cc(-c5ccc(-c6ccc(C)cc6)cc5)ccc4-3)C3(CCCCC)CCC2(CCCCC)CC3)cc1. The van der Waals surface area contributed by atoms with E-state index in [-0.39, 0.29) is 5.41 Å². The first-order chi connectivity index (χ1) is 29.5. The highest BCUT2D eigenvalue weighted by molar-refractivity contribution is 5.88. The molecule has 0 unspecified atom stereocenters. The Labute approximate surface area is 362 Å². The summed E-state index contributed by atoms with van der Waals surface area (Å²) in [5.74, 6) is 0.975. The molecule has 2 fully saturated rings. The zero-order valence-electron chi connectivity index (χ0n) is 37.1. The summed E-state index contributed by atoms with van der Waals surface area (Å²) < 4.78 is 11.5. The van der Waals surface area contributed by atoms with E-state index in [1.807, 2.05) is 0 Å². The smallest absolute Gasteiger partial charge is 0.119 e. The van der Waals surface area contributed by atoms with Gasteiger partial charge < -0.3 is 9.47 Å². The van der Waals surface area contributed by atoms with Crippen molar-refractivity contribution in [2.24, 2.45) is 10.8 Å². The molecule has 3 aliphatic rings. The van der Waals surface area contributed by atoms with E-state index in [9.17, 15) is 0 Å². The van der Waals surface area contributed by atoms with Gasteiger partial charge in [0.2, 0.25) is 0 Å². The Hall–Kier alpha value is -4.56. The van der Waals surface area contributed by atoms with Crippen LogP contribution in [-0.4, -0.2) is 13.2 Å². The van der Waals surface area contributed by atoms with Gasteiger partial charge in [-0.15, -0.1) is 0 Å². The van der Waals surface area contributed by atoms with Gasteiger partial charge in [-0.1, -0.05) is 175 Å². The van der Waals surface area contributed by atoms with Gasteiger partial charge in [-0.25, -0.2) is 0 Å². The van der Waals surface area contributed by atoms with Crippen LogP contribution < -0.4 is 4.74 Å². The fourth-order valence-electron chi connectivity index (χ4n) is 12.3. The average Bonchev–Trinajstić information content (AvgIpc) is 3.85. The minimum Gasteiger partial charge on any atom is -0.502 e. The lowest BCUT2D eigenvalue weighted by Gasteiger charge is -2.48. The van der Waals surface area contributed by atoms with Crippen LogP contribution in [-0.2, 0) is 10.2 Å². The number of fused-ring (bicyclic) bond motifs is 3. The maximum Gasteiger partial charge on any atom is 0.119 e. The molecule has 0 atom stereocenters. The summed E-state index contributed by atoms with van der Waals surface area (Å²) in [6.45, 7) is 12.1. The molecule has 3 aliphatic carbocycles. The van der Waals surface area contributed by atoms with Gasteiger partial charge >= 0.3 is 0 Å². The molecule has 0 heterocycles. The fourth-order valence-corrected chi connectivity index (χ4v) is 12.3. The molecule has 5 aromatic rings. The Morgan fingerprint density at radius 3 is 1.38 bits per heavy atom. The summed E-state index contributed by atoms with van der Waals surface area (Å²) in [5, 5.41) is 0. The second kappa shape index (κ2) is 19.0. The van der Waals surface area contributed by atoms with Crippen LogP contribution in [0.4, 0.5) is 0 Å². The predicted molar refractivity (Wildman–Crippen MR) is 255 cm³/mol. The first-order valence-electron chi connectivity index (χ1n) is 23.9. The predicted octanol–water partition coefficient (Wildman–Crippen LogP) is 16.9. The number of hydrogen-bond acceptors (Lipinski definition) is 2. The van der Waals surface area contributed by atoms with Crippen molar-refractivity contribution in [2.45, 2.75) is 142 Å². The summed E-state index contributed by atoms with van der Waals surface area (Å²) in [6.07, 6.45) is 24.7. The number of benzene rings is 5. The first kappa shape index (κ1) is 42.1. The lowest BCUT2D eigenvalue weighted by atomic mass is 9.54. The maximum absolute atomic E-state index is 6.26. The van der Waals surface area contributed by atoms with Crippen LogP contribution in [0.2, 0.25) is 0 Å². The van der Waals surface area contributed by atoms with E-state index in [1.165, 1.54) is 153 Å². The van der Waals surface area contributed by atoms with Crippen molar-refractivity contribution >= 4 is 0 Å².